The summed E-state index contributed by atoms with van der Waals surface area (Å²) in [5.74, 6) is 0.797. The Hall–Kier alpha value is -1.01. The van der Waals surface area contributed by atoms with Crippen LogP contribution >= 0.6 is 11.6 Å². The van der Waals surface area contributed by atoms with Gasteiger partial charge in [0.2, 0.25) is 0 Å². The van der Waals surface area contributed by atoms with Gasteiger partial charge in [0.25, 0.3) is 0 Å². The molecule has 0 amide bonds. The number of rotatable bonds is 3. The van der Waals surface area contributed by atoms with Gasteiger partial charge in [0.15, 0.2) is 0 Å². The molecule has 1 heterocycles. The first-order valence-corrected chi connectivity index (χ1v) is 7.48. The van der Waals surface area contributed by atoms with Crippen molar-refractivity contribution in [3.05, 3.63) is 16.4 Å². The Morgan fingerprint density at radius 3 is 2.53 bits per heavy atom. The third kappa shape index (κ3) is 2.79. The number of aromatic nitrogens is 2. The van der Waals surface area contributed by atoms with E-state index in [1.54, 1.807) is 0 Å². The second-order valence-corrected chi connectivity index (χ2v) is 6.27. The summed E-state index contributed by atoms with van der Waals surface area (Å²) in [6.07, 6.45) is 6.27. The lowest BCUT2D eigenvalue weighted by Crippen LogP contribution is -2.29. The van der Waals surface area contributed by atoms with E-state index in [1.807, 2.05) is 18.7 Å². The van der Waals surface area contributed by atoms with Crippen molar-refractivity contribution < 1.29 is 0 Å². The highest BCUT2D eigenvalue weighted by molar-refractivity contribution is 6.31. The third-order valence-corrected chi connectivity index (χ3v) is 5.14. The molecule has 0 aromatic carbocycles. The fourth-order valence-corrected chi connectivity index (χ4v) is 3.39. The van der Waals surface area contributed by atoms with Gasteiger partial charge in [-0.3, -0.25) is 4.68 Å². The minimum atomic E-state index is -0.241. The van der Waals surface area contributed by atoms with Crippen LogP contribution < -0.4 is 0 Å². The zero-order chi connectivity index (χ0) is 14.0. The number of nitriles is 1. The average Bonchev–Trinajstić information content (AvgIpc) is 2.66. The normalized spacial score (nSPS) is 27.2. The molecule has 0 N–H and O–H groups in total. The monoisotopic (exact) mass is 279 g/mol. The van der Waals surface area contributed by atoms with Gasteiger partial charge < -0.3 is 0 Å². The highest BCUT2D eigenvalue weighted by atomic mass is 35.5. The van der Waals surface area contributed by atoms with Gasteiger partial charge in [-0.1, -0.05) is 24.9 Å². The Morgan fingerprint density at radius 1 is 1.47 bits per heavy atom. The van der Waals surface area contributed by atoms with Crippen molar-refractivity contribution in [1.82, 2.24) is 9.78 Å². The standard InChI is InChI=1S/C15H22ClN3/c1-4-12-5-7-15(10-17,8-6-12)9-13-14(16)11(2)18-19(13)3/h12H,4-9H2,1-3H3. The van der Waals surface area contributed by atoms with E-state index in [1.165, 1.54) is 19.3 Å². The predicted octanol–water partition coefficient (Wildman–Crippen LogP) is 4.03. The Balaban J connectivity index is 2.18. The molecule has 4 heteroatoms. The summed E-state index contributed by atoms with van der Waals surface area (Å²) in [6, 6.07) is 2.57. The van der Waals surface area contributed by atoms with E-state index in [9.17, 15) is 5.26 Å². The third-order valence-electron chi connectivity index (χ3n) is 4.64. The highest BCUT2D eigenvalue weighted by Crippen LogP contribution is 2.43. The van der Waals surface area contributed by atoms with Gasteiger partial charge in [-0.2, -0.15) is 10.4 Å². The maximum absolute atomic E-state index is 9.63. The van der Waals surface area contributed by atoms with Crippen LogP contribution in [0, 0.1) is 29.6 Å². The Labute approximate surface area is 120 Å². The molecule has 0 saturated heterocycles. The first kappa shape index (κ1) is 14.4. The molecule has 1 aliphatic rings. The first-order valence-electron chi connectivity index (χ1n) is 7.10. The van der Waals surface area contributed by atoms with Gasteiger partial charge in [0.1, 0.15) is 0 Å². The van der Waals surface area contributed by atoms with Crippen molar-refractivity contribution in [3.63, 3.8) is 0 Å². The highest BCUT2D eigenvalue weighted by Gasteiger charge is 2.36. The van der Waals surface area contributed by atoms with Gasteiger partial charge >= 0.3 is 0 Å². The Morgan fingerprint density at radius 2 is 2.11 bits per heavy atom. The van der Waals surface area contributed by atoms with Crippen LogP contribution in [0.5, 0.6) is 0 Å². The van der Waals surface area contributed by atoms with Crippen LogP contribution in [0.1, 0.15) is 50.4 Å². The van der Waals surface area contributed by atoms with E-state index < -0.39 is 0 Å². The van der Waals surface area contributed by atoms with Crippen LogP contribution in [0.2, 0.25) is 5.02 Å². The molecule has 19 heavy (non-hydrogen) atoms. The van der Waals surface area contributed by atoms with Gasteiger partial charge in [-0.15, -0.1) is 0 Å². The molecule has 0 bridgehead atoms. The van der Waals surface area contributed by atoms with Gasteiger partial charge in [0.05, 0.1) is 27.9 Å². The van der Waals surface area contributed by atoms with E-state index in [-0.39, 0.29) is 5.41 Å². The van der Waals surface area contributed by atoms with Crippen LogP contribution in [-0.2, 0) is 13.5 Å². The van der Waals surface area contributed by atoms with E-state index in [4.69, 9.17) is 11.6 Å². The fraction of sp³-hybridized carbons (Fsp3) is 0.733. The van der Waals surface area contributed by atoms with Crippen LogP contribution in [0.25, 0.3) is 0 Å². The summed E-state index contributed by atoms with van der Waals surface area (Å²) in [7, 11) is 1.91. The lowest BCUT2D eigenvalue weighted by Gasteiger charge is -2.34. The quantitative estimate of drug-likeness (QED) is 0.838. The summed E-state index contributed by atoms with van der Waals surface area (Å²) in [5.41, 5.74) is 1.63. The fourth-order valence-electron chi connectivity index (χ4n) is 3.16. The van der Waals surface area contributed by atoms with Gasteiger partial charge in [-0.05, 0) is 38.5 Å². The van der Waals surface area contributed by atoms with Crippen molar-refractivity contribution >= 4 is 11.6 Å². The molecular formula is C15H22ClN3. The second-order valence-electron chi connectivity index (χ2n) is 5.89. The van der Waals surface area contributed by atoms with Crippen LogP contribution in [0.4, 0.5) is 0 Å². The molecule has 1 aromatic rings. The molecule has 1 aliphatic carbocycles. The number of hydrogen-bond acceptors (Lipinski definition) is 2. The lowest BCUT2D eigenvalue weighted by atomic mass is 9.68. The Kier molecular flexibility index (Phi) is 4.20. The van der Waals surface area contributed by atoms with Crippen molar-refractivity contribution in [2.45, 2.75) is 52.4 Å². The van der Waals surface area contributed by atoms with E-state index in [0.29, 0.717) is 0 Å². The number of halogens is 1. The molecular weight excluding hydrogens is 258 g/mol. The van der Waals surface area contributed by atoms with Crippen LogP contribution in [0.15, 0.2) is 0 Å². The second kappa shape index (κ2) is 5.54. The van der Waals surface area contributed by atoms with Crippen molar-refractivity contribution in [2.24, 2.45) is 18.4 Å². The molecule has 104 valence electrons. The zero-order valence-corrected chi connectivity index (χ0v) is 12.8. The van der Waals surface area contributed by atoms with E-state index >= 15 is 0 Å². The van der Waals surface area contributed by atoms with E-state index in [2.05, 4.69) is 18.1 Å². The predicted molar refractivity (Wildman–Crippen MR) is 77.0 cm³/mol. The summed E-state index contributed by atoms with van der Waals surface area (Å²) in [4.78, 5) is 0. The van der Waals surface area contributed by atoms with Crippen molar-refractivity contribution in [2.75, 3.05) is 0 Å². The molecule has 0 spiro atoms. The minimum absolute atomic E-state index is 0.241. The molecule has 1 aromatic heterocycles. The van der Waals surface area contributed by atoms with Crippen LogP contribution in [-0.4, -0.2) is 9.78 Å². The van der Waals surface area contributed by atoms with Crippen molar-refractivity contribution in [3.8, 4) is 6.07 Å². The number of nitrogens with zero attached hydrogens (tertiary/aromatic N) is 3. The van der Waals surface area contributed by atoms with Crippen LogP contribution in [0.3, 0.4) is 0 Å². The topological polar surface area (TPSA) is 41.6 Å². The molecule has 0 radical (unpaired) electrons. The number of aryl methyl sites for hydroxylation is 2. The largest absolute Gasteiger partial charge is 0.271 e. The molecule has 2 rings (SSSR count). The lowest BCUT2D eigenvalue weighted by molar-refractivity contribution is 0.202. The average molecular weight is 280 g/mol. The molecule has 1 saturated carbocycles. The molecule has 3 nitrogen and oxygen atoms in total. The zero-order valence-electron chi connectivity index (χ0n) is 12.0. The van der Waals surface area contributed by atoms with E-state index in [0.717, 1.165) is 41.6 Å². The van der Waals surface area contributed by atoms with Gasteiger partial charge in [0, 0.05) is 13.5 Å². The number of hydrogen-bond donors (Lipinski definition) is 0. The molecule has 1 fully saturated rings. The molecule has 0 aliphatic heterocycles. The minimum Gasteiger partial charge on any atom is -0.271 e. The summed E-state index contributed by atoms with van der Waals surface area (Å²) in [5, 5.41) is 14.7. The first-order chi connectivity index (χ1) is 9.01. The maximum atomic E-state index is 9.63. The summed E-state index contributed by atoms with van der Waals surface area (Å²) < 4.78 is 1.84. The van der Waals surface area contributed by atoms with Gasteiger partial charge in [-0.25, -0.2) is 0 Å². The summed E-state index contributed by atoms with van der Waals surface area (Å²) in [6.45, 7) is 4.16. The maximum Gasteiger partial charge on any atom is 0.0847 e. The molecule has 0 unspecified atom stereocenters. The Bertz CT molecular complexity index is 490. The van der Waals surface area contributed by atoms with Crippen molar-refractivity contribution in [1.29, 1.82) is 5.26 Å². The smallest absolute Gasteiger partial charge is 0.0847 e. The SMILES string of the molecule is CCC1CCC(C#N)(Cc2c(Cl)c(C)nn2C)CC1. The summed E-state index contributed by atoms with van der Waals surface area (Å²) >= 11 is 6.32. The molecule has 0 atom stereocenters.